The summed E-state index contributed by atoms with van der Waals surface area (Å²) < 4.78 is 1.68. The number of carbonyl (C=O) groups is 2. The fourth-order valence-electron chi connectivity index (χ4n) is 3.03. The standard InChI is InChI=1S/C22H25N5O2S/c1-14-6-5-7-20(15(14)2)27-22(24-25-26-27)30-16(3)21(29)19-10-8-18(9-11-19)12-13-23-17(4)28/h5-11,16H,12-13H2,1-4H3,(H,23,28). The molecule has 0 spiro atoms. The van der Waals surface area contributed by atoms with Crippen molar-refractivity contribution < 1.29 is 9.59 Å². The number of amides is 1. The third-order valence-corrected chi connectivity index (χ3v) is 5.96. The number of thioether (sulfide) groups is 1. The van der Waals surface area contributed by atoms with Crippen LogP contribution in [-0.2, 0) is 11.2 Å². The van der Waals surface area contributed by atoms with E-state index >= 15 is 0 Å². The highest BCUT2D eigenvalue weighted by Crippen LogP contribution is 2.27. The number of carbonyl (C=O) groups excluding carboxylic acids is 2. The quantitative estimate of drug-likeness (QED) is 0.442. The van der Waals surface area contributed by atoms with Crippen LogP contribution in [0.1, 0.15) is 40.9 Å². The Balaban J connectivity index is 1.69. The predicted octanol–water partition coefficient (Wildman–Crippen LogP) is 3.32. The molecule has 0 fully saturated rings. The smallest absolute Gasteiger partial charge is 0.216 e. The summed E-state index contributed by atoms with van der Waals surface area (Å²) in [7, 11) is 0. The molecular formula is C22H25N5O2S. The number of hydrogen-bond acceptors (Lipinski definition) is 6. The number of rotatable bonds is 8. The van der Waals surface area contributed by atoms with Crippen molar-refractivity contribution in [2.75, 3.05) is 6.54 Å². The van der Waals surface area contributed by atoms with Gasteiger partial charge in [-0.2, -0.15) is 4.68 Å². The van der Waals surface area contributed by atoms with Crippen LogP contribution in [0.15, 0.2) is 47.6 Å². The molecule has 1 aromatic heterocycles. The first-order valence-electron chi connectivity index (χ1n) is 9.76. The number of nitrogens with one attached hydrogen (secondary N) is 1. The second-order valence-corrected chi connectivity index (χ2v) is 8.45. The highest BCUT2D eigenvalue weighted by Gasteiger charge is 2.21. The SMILES string of the molecule is CC(=O)NCCc1ccc(C(=O)C(C)Sc2nnnn2-c2cccc(C)c2C)cc1. The van der Waals surface area contributed by atoms with E-state index in [0.717, 1.165) is 28.8 Å². The molecule has 0 radical (unpaired) electrons. The lowest BCUT2D eigenvalue weighted by atomic mass is 10.0. The normalized spacial score (nSPS) is 11.9. The second-order valence-electron chi connectivity index (χ2n) is 7.15. The number of ketones is 1. The van der Waals surface area contributed by atoms with Crippen molar-refractivity contribution >= 4 is 23.5 Å². The summed E-state index contributed by atoms with van der Waals surface area (Å²) in [6.45, 7) is 8.01. The maximum Gasteiger partial charge on any atom is 0.216 e. The molecule has 156 valence electrons. The molecule has 1 N–H and O–H groups in total. The average Bonchev–Trinajstić information content (AvgIpc) is 3.17. The average molecular weight is 424 g/mol. The molecule has 1 atom stereocenters. The molecule has 0 aliphatic rings. The minimum Gasteiger partial charge on any atom is -0.356 e. The Morgan fingerprint density at radius 2 is 1.87 bits per heavy atom. The Labute approximate surface area is 180 Å². The van der Waals surface area contributed by atoms with Gasteiger partial charge < -0.3 is 5.32 Å². The van der Waals surface area contributed by atoms with Crippen LogP contribution in [-0.4, -0.2) is 43.7 Å². The van der Waals surface area contributed by atoms with Crippen LogP contribution in [0.2, 0.25) is 0 Å². The van der Waals surface area contributed by atoms with Gasteiger partial charge in [0.1, 0.15) is 0 Å². The van der Waals surface area contributed by atoms with Crippen LogP contribution in [0.25, 0.3) is 5.69 Å². The monoisotopic (exact) mass is 423 g/mol. The molecule has 7 nitrogen and oxygen atoms in total. The van der Waals surface area contributed by atoms with Gasteiger partial charge in [0.25, 0.3) is 0 Å². The zero-order valence-corrected chi connectivity index (χ0v) is 18.4. The molecule has 0 saturated heterocycles. The Morgan fingerprint density at radius 1 is 1.13 bits per heavy atom. The van der Waals surface area contributed by atoms with E-state index in [9.17, 15) is 9.59 Å². The van der Waals surface area contributed by atoms with Crippen LogP contribution in [0.4, 0.5) is 0 Å². The first-order valence-corrected chi connectivity index (χ1v) is 10.6. The highest BCUT2D eigenvalue weighted by atomic mass is 32.2. The van der Waals surface area contributed by atoms with Gasteiger partial charge >= 0.3 is 0 Å². The van der Waals surface area contributed by atoms with E-state index in [2.05, 4.69) is 20.8 Å². The zero-order chi connectivity index (χ0) is 21.7. The van der Waals surface area contributed by atoms with Crippen LogP contribution in [0.3, 0.4) is 0 Å². The van der Waals surface area contributed by atoms with E-state index in [-0.39, 0.29) is 16.9 Å². The number of aromatic nitrogens is 4. The first-order chi connectivity index (χ1) is 14.4. The largest absolute Gasteiger partial charge is 0.356 e. The van der Waals surface area contributed by atoms with Crippen LogP contribution >= 0.6 is 11.8 Å². The van der Waals surface area contributed by atoms with E-state index in [4.69, 9.17) is 0 Å². The lowest BCUT2D eigenvalue weighted by molar-refractivity contribution is -0.118. The summed E-state index contributed by atoms with van der Waals surface area (Å²) in [5.74, 6) is -0.0280. The number of nitrogens with zero attached hydrogens (tertiary/aromatic N) is 4. The van der Waals surface area contributed by atoms with Gasteiger partial charge in [-0.1, -0.05) is 48.2 Å². The van der Waals surface area contributed by atoms with E-state index in [1.54, 1.807) is 4.68 Å². The third kappa shape index (κ3) is 5.13. The molecule has 3 aromatic rings. The molecule has 1 unspecified atom stereocenters. The van der Waals surface area contributed by atoms with Gasteiger partial charge in [-0.25, -0.2) is 0 Å². The summed E-state index contributed by atoms with van der Waals surface area (Å²) in [6, 6.07) is 13.5. The summed E-state index contributed by atoms with van der Waals surface area (Å²) in [5.41, 5.74) is 4.87. The Kier molecular flexibility index (Phi) is 6.99. The lowest BCUT2D eigenvalue weighted by Gasteiger charge is -2.12. The van der Waals surface area contributed by atoms with E-state index in [1.165, 1.54) is 18.7 Å². The first kappa shape index (κ1) is 21.7. The molecule has 1 heterocycles. The molecule has 0 aliphatic carbocycles. The summed E-state index contributed by atoms with van der Waals surface area (Å²) in [6.07, 6.45) is 0.725. The third-order valence-electron chi connectivity index (χ3n) is 4.92. The number of aryl methyl sites for hydroxylation is 1. The van der Waals surface area contributed by atoms with Gasteiger partial charge in [-0.3, -0.25) is 9.59 Å². The molecule has 3 rings (SSSR count). The topological polar surface area (TPSA) is 89.8 Å². The molecule has 0 aliphatic heterocycles. The van der Waals surface area contributed by atoms with Gasteiger partial charge in [-0.15, -0.1) is 5.10 Å². The Morgan fingerprint density at radius 3 is 2.57 bits per heavy atom. The zero-order valence-electron chi connectivity index (χ0n) is 17.5. The van der Waals surface area contributed by atoms with Gasteiger partial charge in [-0.05, 0) is 60.4 Å². The van der Waals surface area contributed by atoms with E-state index in [1.807, 2.05) is 63.2 Å². The van der Waals surface area contributed by atoms with Crippen molar-refractivity contribution in [1.29, 1.82) is 0 Å². The maximum absolute atomic E-state index is 12.9. The van der Waals surface area contributed by atoms with Crippen molar-refractivity contribution in [3.8, 4) is 5.69 Å². The minimum absolute atomic E-state index is 0.0175. The van der Waals surface area contributed by atoms with Gasteiger partial charge in [0.2, 0.25) is 11.1 Å². The van der Waals surface area contributed by atoms with Crippen LogP contribution < -0.4 is 5.32 Å². The van der Waals surface area contributed by atoms with E-state index in [0.29, 0.717) is 17.3 Å². The second kappa shape index (κ2) is 9.67. The molecule has 1 amide bonds. The predicted molar refractivity (Wildman–Crippen MR) is 117 cm³/mol. The van der Waals surface area contributed by atoms with Crippen molar-refractivity contribution in [1.82, 2.24) is 25.5 Å². The van der Waals surface area contributed by atoms with Gasteiger partial charge in [0, 0.05) is 19.0 Å². The van der Waals surface area contributed by atoms with Crippen LogP contribution in [0.5, 0.6) is 0 Å². The number of benzene rings is 2. The molecular weight excluding hydrogens is 398 g/mol. The number of hydrogen-bond donors (Lipinski definition) is 1. The molecule has 0 saturated carbocycles. The van der Waals surface area contributed by atoms with Crippen LogP contribution in [0, 0.1) is 13.8 Å². The maximum atomic E-state index is 12.9. The molecule has 30 heavy (non-hydrogen) atoms. The Hall–Kier alpha value is -3.00. The fourth-order valence-corrected chi connectivity index (χ4v) is 3.91. The minimum atomic E-state index is -0.343. The molecule has 8 heteroatoms. The number of tetrazole rings is 1. The molecule has 2 aromatic carbocycles. The number of Topliss-reactive ketones (excluding diaryl/α,β-unsaturated/α-hetero) is 1. The Bertz CT molecular complexity index is 1050. The summed E-state index contributed by atoms with van der Waals surface area (Å²) in [4.78, 5) is 23.9. The van der Waals surface area contributed by atoms with Crippen molar-refractivity contribution in [2.45, 2.75) is 44.5 Å². The van der Waals surface area contributed by atoms with Crippen molar-refractivity contribution in [3.05, 3.63) is 64.7 Å². The fraction of sp³-hybridized carbons (Fsp3) is 0.318. The molecule has 0 bridgehead atoms. The van der Waals surface area contributed by atoms with Gasteiger partial charge in [0.15, 0.2) is 5.78 Å². The highest BCUT2D eigenvalue weighted by molar-refractivity contribution is 8.00. The lowest BCUT2D eigenvalue weighted by Crippen LogP contribution is -2.22. The van der Waals surface area contributed by atoms with Gasteiger partial charge in [0.05, 0.1) is 10.9 Å². The summed E-state index contributed by atoms with van der Waals surface area (Å²) in [5, 5.41) is 15.1. The van der Waals surface area contributed by atoms with Crippen molar-refractivity contribution in [2.24, 2.45) is 0 Å². The summed E-state index contributed by atoms with van der Waals surface area (Å²) >= 11 is 1.34. The van der Waals surface area contributed by atoms with Crippen molar-refractivity contribution in [3.63, 3.8) is 0 Å². The van der Waals surface area contributed by atoms with E-state index < -0.39 is 0 Å².